The molecule has 0 aromatic heterocycles. The summed E-state index contributed by atoms with van der Waals surface area (Å²) in [6, 6.07) is 0. The lowest BCUT2D eigenvalue weighted by Crippen LogP contribution is -1.96. The fourth-order valence-electron chi connectivity index (χ4n) is 0.808. The maximum Gasteiger partial charge on any atom is 0.0433 e. The van der Waals surface area contributed by atoms with E-state index in [0.29, 0.717) is 12.5 Å². The maximum absolute atomic E-state index is 8.56. The third kappa shape index (κ3) is 5.65. The molecule has 1 atom stereocenters. The van der Waals surface area contributed by atoms with Crippen molar-refractivity contribution >= 4 is 0 Å². The van der Waals surface area contributed by atoms with Crippen LogP contribution in [0.1, 0.15) is 33.1 Å². The van der Waals surface area contributed by atoms with E-state index in [9.17, 15) is 0 Å². The van der Waals surface area contributed by atoms with E-state index in [1.54, 1.807) is 0 Å². The summed E-state index contributed by atoms with van der Waals surface area (Å²) < 4.78 is 0. The summed E-state index contributed by atoms with van der Waals surface area (Å²) in [5.74, 6) is 6.48. The Hall–Kier alpha value is -0.480. The van der Waals surface area contributed by atoms with Crippen LogP contribution in [0.3, 0.4) is 0 Å². The van der Waals surface area contributed by atoms with E-state index in [4.69, 9.17) is 5.11 Å². The van der Waals surface area contributed by atoms with Crippen LogP contribution in [0, 0.1) is 17.8 Å². The monoisotopic (exact) mass is 140 g/mol. The SMILES string of the molecule is CC#CCC[C@H](C)CCO. The van der Waals surface area contributed by atoms with Gasteiger partial charge in [-0.3, -0.25) is 0 Å². The average molecular weight is 140 g/mol. The Bertz CT molecular complexity index is 118. The van der Waals surface area contributed by atoms with Crippen LogP contribution >= 0.6 is 0 Å². The van der Waals surface area contributed by atoms with E-state index in [-0.39, 0.29) is 0 Å². The van der Waals surface area contributed by atoms with Gasteiger partial charge in [0, 0.05) is 13.0 Å². The van der Waals surface area contributed by atoms with E-state index in [1.807, 2.05) is 6.92 Å². The Balaban J connectivity index is 3.18. The quantitative estimate of drug-likeness (QED) is 0.590. The van der Waals surface area contributed by atoms with Crippen LogP contribution in [0.2, 0.25) is 0 Å². The van der Waals surface area contributed by atoms with Gasteiger partial charge in [-0.2, -0.15) is 0 Å². The fraction of sp³-hybridized carbons (Fsp3) is 0.778. The summed E-state index contributed by atoms with van der Waals surface area (Å²) in [5, 5.41) is 8.56. The molecule has 0 saturated heterocycles. The topological polar surface area (TPSA) is 20.2 Å². The molecular formula is C9H16O. The largest absolute Gasteiger partial charge is 0.396 e. The van der Waals surface area contributed by atoms with Gasteiger partial charge < -0.3 is 5.11 Å². The lowest BCUT2D eigenvalue weighted by molar-refractivity contribution is 0.259. The second-order valence-corrected chi connectivity index (χ2v) is 2.58. The molecule has 0 spiro atoms. The van der Waals surface area contributed by atoms with Crippen LogP contribution < -0.4 is 0 Å². The molecule has 0 aliphatic carbocycles. The van der Waals surface area contributed by atoms with Gasteiger partial charge in [-0.15, -0.1) is 11.8 Å². The van der Waals surface area contributed by atoms with Crippen LogP contribution in [0.5, 0.6) is 0 Å². The first-order valence-electron chi connectivity index (χ1n) is 3.81. The molecule has 58 valence electrons. The summed E-state index contributed by atoms with van der Waals surface area (Å²) in [7, 11) is 0. The molecular weight excluding hydrogens is 124 g/mol. The van der Waals surface area contributed by atoms with Gasteiger partial charge in [-0.25, -0.2) is 0 Å². The maximum atomic E-state index is 8.56. The zero-order chi connectivity index (χ0) is 7.82. The van der Waals surface area contributed by atoms with Gasteiger partial charge in [0.25, 0.3) is 0 Å². The number of hydrogen-bond acceptors (Lipinski definition) is 1. The second kappa shape index (κ2) is 6.64. The van der Waals surface area contributed by atoms with Crippen molar-refractivity contribution in [2.45, 2.75) is 33.1 Å². The van der Waals surface area contributed by atoms with Gasteiger partial charge in [-0.1, -0.05) is 6.92 Å². The highest BCUT2D eigenvalue weighted by atomic mass is 16.2. The van der Waals surface area contributed by atoms with Crippen LogP contribution in [-0.4, -0.2) is 11.7 Å². The van der Waals surface area contributed by atoms with E-state index in [0.717, 1.165) is 19.3 Å². The lowest BCUT2D eigenvalue weighted by Gasteiger charge is -2.04. The van der Waals surface area contributed by atoms with Gasteiger partial charge in [0.15, 0.2) is 0 Å². The third-order valence-corrected chi connectivity index (χ3v) is 1.56. The number of hydrogen-bond donors (Lipinski definition) is 1. The van der Waals surface area contributed by atoms with E-state index in [1.165, 1.54) is 0 Å². The zero-order valence-electron chi connectivity index (χ0n) is 6.85. The Morgan fingerprint density at radius 1 is 1.40 bits per heavy atom. The number of aliphatic hydroxyl groups excluding tert-OH is 1. The fourth-order valence-corrected chi connectivity index (χ4v) is 0.808. The first-order chi connectivity index (χ1) is 4.81. The highest BCUT2D eigenvalue weighted by Gasteiger charge is 1.97. The molecule has 0 rings (SSSR count). The number of aliphatic hydroxyl groups is 1. The minimum absolute atomic E-state index is 0.306. The second-order valence-electron chi connectivity index (χ2n) is 2.58. The molecule has 1 nitrogen and oxygen atoms in total. The Labute approximate surface area is 63.5 Å². The summed E-state index contributed by atoms with van der Waals surface area (Å²) in [5.41, 5.74) is 0. The first-order valence-corrected chi connectivity index (χ1v) is 3.81. The van der Waals surface area contributed by atoms with Crippen molar-refractivity contribution in [3.05, 3.63) is 0 Å². The standard InChI is InChI=1S/C9H16O/c1-3-4-5-6-9(2)7-8-10/h9-10H,5-8H2,1-2H3/t9-/m0/s1. The normalized spacial score (nSPS) is 11.9. The van der Waals surface area contributed by atoms with Crippen LogP contribution in [0.4, 0.5) is 0 Å². The summed E-state index contributed by atoms with van der Waals surface area (Å²) in [6.07, 6.45) is 2.99. The average Bonchev–Trinajstić information content (AvgIpc) is 1.89. The van der Waals surface area contributed by atoms with Crippen molar-refractivity contribution in [3.8, 4) is 11.8 Å². The highest BCUT2D eigenvalue weighted by molar-refractivity contribution is 4.94. The zero-order valence-corrected chi connectivity index (χ0v) is 6.85. The predicted octanol–water partition coefficient (Wildman–Crippen LogP) is 1.81. The molecule has 0 fully saturated rings. The van der Waals surface area contributed by atoms with E-state index in [2.05, 4.69) is 18.8 Å². The van der Waals surface area contributed by atoms with Gasteiger partial charge in [-0.05, 0) is 25.7 Å². The van der Waals surface area contributed by atoms with Crippen LogP contribution in [0.15, 0.2) is 0 Å². The summed E-state index contributed by atoms with van der Waals surface area (Å²) in [4.78, 5) is 0. The molecule has 0 aromatic rings. The minimum atomic E-state index is 0.306. The summed E-state index contributed by atoms with van der Waals surface area (Å²) >= 11 is 0. The molecule has 0 amide bonds. The van der Waals surface area contributed by atoms with Crippen molar-refractivity contribution in [2.24, 2.45) is 5.92 Å². The molecule has 1 N–H and O–H groups in total. The Kier molecular flexibility index (Phi) is 6.32. The molecule has 0 unspecified atom stereocenters. The highest BCUT2D eigenvalue weighted by Crippen LogP contribution is 2.07. The molecule has 0 aliphatic heterocycles. The van der Waals surface area contributed by atoms with Crippen LogP contribution in [-0.2, 0) is 0 Å². The van der Waals surface area contributed by atoms with Gasteiger partial charge in [0.05, 0.1) is 0 Å². The van der Waals surface area contributed by atoms with E-state index >= 15 is 0 Å². The molecule has 0 aliphatic rings. The van der Waals surface area contributed by atoms with E-state index < -0.39 is 0 Å². The molecule has 0 heterocycles. The minimum Gasteiger partial charge on any atom is -0.396 e. The van der Waals surface area contributed by atoms with Crippen molar-refractivity contribution < 1.29 is 5.11 Å². The van der Waals surface area contributed by atoms with Gasteiger partial charge in [0.2, 0.25) is 0 Å². The smallest absolute Gasteiger partial charge is 0.0433 e. The molecule has 0 aromatic carbocycles. The molecule has 1 heteroatoms. The van der Waals surface area contributed by atoms with Crippen molar-refractivity contribution in [1.82, 2.24) is 0 Å². The lowest BCUT2D eigenvalue weighted by atomic mass is 10.0. The van der Waals surface area contributed by atoms with Gasteiger partial charge >= 0.3 is 0 Å². The molecule has 0 saturated carbocycles. The first kappa shape index (κ1) is 9.52. The van der Waals surface area contributed by atoms with Crippen molar-refractivity contribution in [3.63, 3.8) is 0 Å². The Morgan fingerprint density at radius 3 is 2.60 bits per heavy atom. The third-order valence-electron chi connectivity index (χ3n) is 1.56. The molecule has 10 heavy (non-hydrogen) atoms. The molecule has 0 bridgehead atoms. The Morgan fingerprint density at radius 2 is 2.10 bits per heavy atom. The number of rotatable bonds is 4. The molecule has 0 radical (unpaired) electrons. The van der Waals surface area contributed by atoms with Crippen molar-refractivity contribution in [2.75, 3.05) is 6.61 Å². The van der Waals surface area contributed by atoms with Gasteiger partial charge in [0.1, 0.15) is 0 Å². The van der Waals surface area contributed by atoms with Crippen LogP contribution in [0.25, 0.3) is 0 Å². The van der Waals surface area contributed by atoms with Crippen molar-refractivity contribution in [1.29, 1.82) is 0 Å². The summed E-state index contributed by atoms with van der Waals surface area (Å²) in [6.45, 7) is 4.31. The predicted molar refractivity (Wildman–Crippen MR) is 43.6 cm³/mol.